The van der Waals surface area contributed by atoms with Crippen LogP contribution in [0.5, 0.6) is 0 Å². The van der Waals surface area contributed by atoms with Gasteiger partial charge in [-0.05, 0) is 18.6 Å². The van der Waals surface area contributed by atoms with E-state index in [-0.39, 0.29) is 23.2 Å². The van der Waals surface area contributed by atoms with E-state index >= 15 is 0 Å². The average Bonchev–Trinajstić information content (AvgIpc) is 2.18. The van der Waals surface area contributed by atoms with E-state index in [1.54, 1.807) is 6.92 Å². The number of rotatable bonds is 0. The van der Waals surface area contributed by atoms with Crippen molar-refractivity contribution in [2.24, 2.45) is 5.92 Å². The molecule has 0 saturated heterocycles. The average molecular weight is 225 g/mol. The summed E-state index contributed by atoms with van der Waals surface area (Å²) in [6.45, 7) is 3.56. The lowest BCUT2D eigenvalue weighted by Gasteiger charge is -2.23. The molecule has 2 nitrogen and oxygen atoms in total. The number of anilines is 1. The van der Waals surface area contributed by atoms with Crippen LogP contribution in [0.4, 0.5) is 10.1 Å². The maximum atomic E-state index is 13.4. The van der Waals surface area contributed by atoms with E-state index < -0.39 is 0 Å². The van der Waals surface area contributed by atoms with Gasteiger partial charge < -0.3 is 5.73 Å². The second-order valence-electron chi connectivity index (χ2n) is 3.85. The molecule has 0 fully saturated rings. The van der Waals surface area contributed by atoms with Crippen LogP contribution < -0.4 is 5.73 Å². The minimum Gasteiger partial charge on any atom is -0.398 e. The first-order valence-electron chi connectivity index (χ1n) is 4.78. The third-order valence-corrected chi connectivity index (χ3v) is 4.13. The number of fused-ring (bicyclic) bond motifs is 1. The Hall–Kier alpha value is -1.03. The highest BCUT2D eigenvalue weighted by Gasteiger charge is 2.28. The molecule has 1 aromatic carbocycles. The maximum Gasteiger partial charge on any atom is 0.169 e. The summed E-state index contributed by atoms with van der Waals surface area (Å²) in [6, 6.07) is 1.24. The first-order chi connectivity index (χ1) is 7.02. The number of halogens is 1. The van der Waals surface area contributed by atoms with Crippen LogP contribution in [0.25, 0.3) is 0 Å². The van der Waals surface area contributed by atoms with Gasteiger partial charge in [0.2, 0.25) is 0 Å². The molecule has 0 aromatic heterocycles. The number of Topliss-reactive ketones (excluding diaryl/α,β-unsaturated/α-hetero) is 1. The van der Waals surface area contributed by atoms with Gasteiger partial charge in [0, 0.05) is 22.3 Å². The first-order valence-corrected chi connectivity index (χ1v) is 5.76. The summed E-state index contributed by atoms with van der Waals surface area (Å²) in [5.74, 6) is 0.371. The normalized spacial score (nSPS) is 20.2. The summed E-state index contributed by atoms with van der Waals surface area (Å²) >= 11 is 1.51. The van der Waals surface area contributed by atoms with Gasteiger partial charge in [0.25, 0.3) is 0 Å². The van der Waals surface area contributed by atoms with Crippen LogP contribution in [0, 0.1) is 18.7 Å². The van der Waals surface area contributed by atoms with Crippen molar-refractivity contribution in [3.63, 3.8) is 0 Å². The monoisotopic (exact) mass is 225 g/mol. The van der Waals surface area contributed by atoms with E-state index in [4.69, 9.17) is 5.73 Å². The molecule has 1 aliphatic rings. The molecule has 15 heavy (non-hydrogen) atoms. The lowest BCUT2D eigenvalue weighted by molar-refractivity contribution is 0.0937. The van der Waals surface area contributed by atoms with Gasteiger partial charge in [0.1, 0.15) is 5.82 Å². The van der Waals surface area contributed by atoms with Crippen LogP contribution in [0.2, 0.25) is 0 Å². The lowest BCUT2D eigenvalue weighted by Crippen LogP contribution is -2.21. The van der Waals surface area contributed by atoms with Crippen molar-refractivity contribution in [2.45, 2.75) is 18.7 Å². The molecule has 0 aliphatic carbocycles. The molecule has 0 bridgehead atoms. The molecule has 1 heterocycles. The number of hydrogen-bond donors (Lipinski definition) is 1. The zero-order valence-corrected chi connectivity index (χ0v) is 9.45. The number of nitrogen functional groups attached to an aromatic ring is 1. The molecule has 0 spiro atoms. The van der Waals surface area contributed by atoms with Gasteiger partial charge in [-0.3, -0.25) is 4.79 Å². The van der Waals surface area contributed by atoms with E-state index in [0.717, 1.165) is 4.90 Å². The summed E-state index contributed by atoms with van der Waals surface area (Å²) in [5, 5.41) is 0. The van der Waals surface area contributed by atoms with Gasteiger partial charge in [0.05, 0.1) is 5.56 Å². The third kappa shape index (κ3) is 1.53. The fourth-order valence-electron chi connectivity index (χ4n) is 1.71. The van der Waals surface area contributed by atoms with E-state index in [0.29, 0.717) is 16.9 Å². The minimum atomic E-state index is -0.332. The van der Waals surface area contributed by atoms with Gasteiger partial charge in [-0.15, -0.1) is 11.8 Å². The second-order valence-corrected chi connectivity index (χ2v) is 4.88. The molecule has 1 aromatic rings. The Kier molecular flexibility index (Phi) is 2.46. The Morgan fingerprint density at radius 1 is 1.60 bits per heavy atom. The molecule has 2 N–H and O–H groups in total. The molecule has 1 aliphatic heterocycles. The van der Waals surface area contributed by atoms with Gasteiger partial charge in [0.15, 0.2) is 5.78 Å². The van der Waals surface area contributed by atoms with Crippen LogP contribution in [0.1, 0.15) is 22.8 Å². The molecule has 0 radical (unpaired) electrons. The fourth-order valence-corrected chi connectivity index (χ4v) is 2.95. The molecule has 1 unspecified atom stereocenters. The van der Waals surface area contributed by atoms with Crippen molar-refractivity contribution in [1.82, 2.24) is 0 Å². The summed E-state index contributed by atoms with van der Waals surface area (Å²) in [7, 11) is 0. The molecule has 80 valence electrons. The smallest absolute Gasteiger partial charge is 0.169 e. The maximum absolute atomic E-state index is 13.4. The van der Waals surface area contributed by atoms with Gasteiger partial charge in [-0.1, -0.05) is 6.92 Å². The first kappa shape index (κ1) is 10.5. The van der Waals surface area contributed by atoms with E-state index in [1.807, 2.05) is 6.92 Å². The number of ketones is 1. The zero-order valence-electron chi connectivity index (χ0n) is 8.63. The molecular formula is C11H12FNOS. The summed E-state index contributed by atoms with van der Waals surface area (Å²) in [4.78, 5) is 12.6. The molecule has 2 rings (SSSR count). The molecule has 0 amide bonds. The number of nitrogens with two attached hydrogens (primary N) is 1. The second kappa shape index (κ2) is 3.52. The Morgan fingerprint density at radius 2 is 2.27 bits per heavy atom. The fraction of sp³-hybridized carbons (Fsp3) is 0.364. The zero-order chi connectivity index (χ0) is 11.2. The number of hydrogen-bond acceptors (Lipinski definition) is 3. The predicted octanol–water partition coefficient (Wildman–Crippen LogP) is 2.64. The van der Waals surface area contributed by atoms with E-state index in [2.05, 4.69) is 0 Å². The highest BCUT2D eigenvalue weighted by Crippen LogP contribution is 2.39. The summed E-state index contributed by atoms with van der Waals surface area (Å²) in [6.07, 6.45) is 0. The topological polar surface area (TPSA) is 43.1 Å². The third-order valence-electron chi connectivity index (χ3n) is 2.67. The predicted molar refractivity (Wildman–Crippen MR) is 59.8 cm³/mol. The van der Waals surface area contributed by atoms with E-state index in [1.165, 1.54) is 17.8 Å². The minimum absolute atomic E-state index is 0.0318. The number of carbonyl (C=O) groups is 1. The van der Waals surface area contributed by atoms with Crippen LogP contribution in [-0.4, -0.2) is 11.5 Å². The highest BCUT2D eigenvalue weighted by atomic mass is 32.2. The van der Waals surface area contributed by atoms with Crippen molar-refractivity contribution >= 4 is 23.2 Å². The van der Waals surface area contributed by atoms with Crippen molar-refractivity contribution < 1.29 is 9.18 Å². The van der Waals surface area contributed by atoms with Crippen LogP contribution in [-0.2, 0) is 0 Å². The van der Waals surface area contributed by atoms with Crippen LogP contribution in [0.15, 0.2) is 11.0 Å². The molecule has 1 atom stereocenters. The summed E-state index contributed by atoms with van der Waals surface area (Å²) in [5.41, 5.74) is 6.99. The van der Waals surface area contributed by atoms with Crippen LogP contribution >= 0.6 is 11.8 Å². The Morgan fingerprint density at radius 3 is 2.93 bits per heavy atom. The number of thioether (sulfide) groups is 1. The van der Waals surface area contributed by atoms with Crippen molar-refractivity contribution in [1.29, 1.82) is 0 Å². The van der Waals surface area contributed by atoms with E-state index in [9.17, 15) is 9.18 Å². The van der Waals surface area contributed by atoms with Crippen molar-refractivity contribution in [2.75, 3.05) is 11.5 Å². The number of benzene rings is 1. The van der Waals surface area contributed by atoms with Crippen molar-refractivity contribution in [3.8, 4) is 0 Å². The van der Waals surface area contributed by atoms with Crippen LogP contribution in [0.3, 0.4) is 0 Å². The molecule has 0 saturated carbocycles. The molecular weight excluding hydrogens is 213 g/mol. The van der Waals surface area contributed by atoms with Gasteiger partial charge in [-0.2, -0.15) is 0 Å². The van der Waals surface area contributed by atoms with Crippen molar-refractivity contribution in [3.05, 3.63) is 23.0 Å². The number of carbonyl (C=O) groups excluding carboxylic acids is 1. The highest BCUT2D eigenvalue weighted by molar-refractivity contribution is 7.99. The Labute approximate surface area is 92.0 Å². The lowest BCUT2D eigenvalue weighted by atomic mass is 9.97. The van der Waals surface area contributed by atoms with Gasteiger partial charge >= 0.3 is 0 Å². The van der Waals surface area contributed by atoms with Gasteiger partial charge in [-0.25, -0.2) is 4.39 Å². The largest absolute Gasteiger partial charge is 0.398 e. The summed E-state index contributed by atoms with van der Waals surface area (Å²) < 4.78 is 13.4. The Balaban J connectivity index is 2.69. The SMILES string of the molecule is Cc1c(F)cc(N)c2c1SCC(C)C2=O. The Bertz CT molecular complexity index is 445. The quantitative estimate of drug-likeness (QED) is 0.690. The standard InChI is InChI=1S/C11H12FNOS/c1-5-4-15-11-6(2)7(12)3-8(13)9(11)10(5)14/h3,5H,4,13H2,1-2H3. The molecule has 4 heteroatoms.